The van der Waals surface area contributed by atoms with Crippen molar-refractivity contribution in [1.29, 1.82) is 10.5 Å². The summed E-state index contributed by atoms with van der Waals surface area (Å²) >= 11 is 6.47. The lowest BCUT2D eigenvalue weighted by Gasteiger charge is -2.23. The number of halogens is 1. The summed E-state index contributed by atoms with van der Waals surface area (Å²) in [7, 11) is 1.48. The summed E-state index contributed by atoms with van der Waals surface area (Å²) in [5.74, 6) is 0.0832. The fourth-order valence-corrected chi connectivity index (χ4v) is 4.64. The summed E-state index contributed by atoms with van der Waals surface area (Å²) in [5.41, 5.74) is 2.98. The number of hydrogen-bond donors (Lipinski definition) is 0. The minimum atomic E-state index is -0.539. The number of carbonyl (C=O) groups is 1. The fourth-order valence-electron chi connectivity index (χ4n) is 4.44. The van der Waals surface area contributed by atoms with E-state index >= 15 is 0 Å². The minimum absolute atomic E-state index is 0.107. The largest absolute Gasteiger partial charge is 0.495 e. The first-order valence-corrected chi connectivity index (χ1v) is 13.0. The standard InChI is InChI=1S/C30H25ClN6O4/c1-20-17-22(35(15-5-13-32)16-6-14-33)10-9-21(20)18-26-30(38)36(27-7-3-4-8-28(27)41-2)29(34-26)24-19-23(37(39)40)11-12-25(24)31/h3-4,7-12,17-19H,5-6,15-16H2,1-2H3. The second-order valence-electron chi connectivity index (χ2n) is 9.04. The van der Waals surface area contributed by atoms with Crippen LogP contribution in [0.4, 0.5) is 17.1 Å². The molecule has 0 bridgehead atoms. The predicted molar refractivity (Wildman–Crippen MR) is 157 cm³/mol. The molecule has 3 aromatic carbocycles. The second-order valence-corrected chi connectivity index (χ2v) is 9.45. The van der Waals surface area contributed by atoms with E-state index in [0.717, 1.165) is 16.8 Å². The topological polar surface area (TPSA) is 136 Å². The zero-order chi connectivity index (χ0) is 29.5. The van der Waals surface area contributed by atoms with Crippen LogP contribution >= 0.6 is 11.6 Å². The van der Waals surface area contributed by atoms with Crippen molar-refractivity contribution in [3.8, 4) is 17.9 Å². The molecule has 11 heteroatoms. The quantitative estimate of drug-likeness (QED) is 0.165. The first kappa shape index (κ1) is 28.8. The molecule has 10 nitrogen and oxygen atoms in total. The molecule has 3 aromatic rings. The van der Waals surface area contributed by atoms with Crippen LogP contribution in [0.5, 0.6) is 5.75 Å². The monoisotopic (exact) mass is 568 g/mol. The van der Waals surface area contributed by atoms with E-state index in [2.05, 4.69) is 17.1 Å². The number of carbonyl (C=O) groups excluding carboxylic acids is 1. The highest BCUT2D eigenvalue weighted by molar-refractivity contribution is 6.40. The minimum Gasteiger partial charge on any atom is -0.495 e. The number of nitro groups is 1. The number of aliphatic imine (C=N–C) groups is 1. The summed E-state index contributed by atoms with van der Waals surface area (Å²) in [5, 5.41) is 29.7. The van der Waals surface area contributed by atoms with Gasteiger partial charge in [-0.2, -0.15) is 10.5 Å². The Morgan fingerprint density at radius 2 is 1.80 bits per heavy atom. The average molecular weight is 569 g/mol. The van der Waals surface area contributed by atoms with Crippen LogP contribution in [-0.2, 0) is 4.79 Å². The zero-order valence-corrected chi connectivity index (χ0v) is 23.1. The molecule has 206 valence electrons. The van der Waals surface area contributed by atoms with E-state index in [1.165, 1.54) is 30.2 Å². The Labute approximate surface area is 242 Å². The number of nitriles is 2. The number of anilines is 2. The molecule has 1 aliphatic rings. The molecule has 0 fully saturated rings. The predicted octanol–water partition coefficient (Wildman–Crippen LogP) is 6.03. The summed E-state index contributed by atoms with van der Waals surface area (Å²) in [6.07, 6.45) is 2.29. The Hall–Kier alpha value is -5.19. The van der Waals surface area contributed by atoms with Crippen molar-refractivity contribution in [2.45, 2.75) is 19.8 Å². The third-order valence-corrected chi connectivity index (χ3v) is 6.82. The molecule has 4 rings (SSSR count). The van der Waals surface area contributed by atoms with E-state index in [4.69, 9.17) is 26.9 Å². The number of methoxy groups -OCH3 is 1. The molecule has 0 aromatic heterocycles. The van der Waals surface area contributed by atoms with E-state index in [1.807, 2.05) is 30.0 Å². The van der Waals surface area contributed by atoms with E-state index < -0.39 is 10.8 Å². The fraction of sp³-hybridized carbons (Fsp3) is 0.200. The lowest BCUT2D eigenvalue weighted by molar-refractivity contribution is -0.384. The van der Waals surface area contributed by atoms with Crippen LogP contribution in [0.3, 0.4) is 0 Å². The van der Waals surface area contributed by atoms with Gasteiger partial charge in [0.05, 0.1) is 47.7 Å². The molecule has 0 spiro atoms. The van der Waals surface area contributed by atoms with E-state index in [-0.39, 0.29) is 27.8 Å². The van der Waals surface area contributed by atoms with Crippen LogP contribution in [0.15, 0.2) is 71.4 Å². The number of aryl methyl sites for hydroxylation is 1. The van der Waals surface area contributed by atoms with Gasteiger partial charge >= 0.3 is 0 Å². The Bertz CT molecular complexity index is 1640. The number of nitro benzene ring substituents is 1. The third kappa shape index (κ3) is 6.19. The summed E-state index contributed by atoms with van der Waals surface area (Å²) in [6.45, 7) is 2.87. The number of amidine groups is 1. The molecular weight excluding hydrogens is 544 g/mol. The Morgan fingerprint density at radius 1 is 1.10 bits per heavy atom. The third-order valence-electron chi connectivity index (χ3n) is 6.49. The summed E-state index contributed by atoms with van der Waals surface area (Å²) in [4.78, 5) is 32.8. The van der Waals surface area contributed by atoms with Gasteiger partial charge in [-0.05, 0) is 54.5 Å². The van der Waals surface area contributed by atoms with Crippen molar-refractivity contribution in [3.05, 3.63) is 98.2 Å². The number of ether oxygens (including phenoxy) is 1. The van der Waals surface area contributed by atoms with Gasteiger partial charge < -0.3 is 9.64 Å². The number of amides is 1. The molecule has 0 atom stereocenters. The normalized spacial score (nSPS) is 13.5. The maximum Gasteiger partial charge on any atom is 0.282 e. The Morgan fingerprint density at radius 3 is 2.44 bits per heavy atom. The highest BCUT2D eigenvalue weighted by Crippen LogP contribution is 2.36. The SMILES string of the molecule is COc1ccccc1N1C(=O)C(=Cc2ccc(N(CCC#N)CCC#N)cc2C)N=C1c1cc([N+](=O)[O-])ccc1Cl. The number of nitrogens with zero attached hydrogens (tertiary/aromatic N) is 6. The molecule has 1 aliphatic heterocycles. The van der Waals surface area contributed by atoms with Crippen LogP contribution in [0.25, 0.3) is 6.08 Å². The van der Waals surface area contributed by atoms with E-state index in [0.29, 0.717) is 37.4 Å². The van der Waals surface area contributed by atoms with Crippen molar-refractivity contribution >= 4 is 46.5 Å². The van der Waals surface area contributed by atoms with Crippen molar-refractivity contribution in [2.24, 2.45) is 4.99 Å². The van der Waals surface area contributed by atoms with Crippen molar-refractivity contribution in [3.63, 3.8) is 0 Å². The first-order valence-electron chi connectivity index (χ1n) is 12.6. The molecule has 0 saturated heterocycles. The molecule has 0 N–H and O–H groups in total. The molecule has 0 aliphatic carbocycles. The molecule has 41 heavy (non-hydrogen) atoms. The summed E-state index contributed by atoms with van der Waals surface area (Å²) in [6, 6.07) is 20.8. The highest BCUT2D eigenvalue weighted by atomic mass is 35.5. The van der Waals surface area contributed by atoms with E-state index in [1.54, 1.807) is 30.3 Å². The number of non-ortho nitro benzene ring substituents is 1. The number of hydrogen-bond acceptors (Lipinski definition) is 8. The van der Waals surface area contributed by atoms with Gasteiger partial charge in [-0.1, -0.05) is 29.8 Å². The van der Waals surface area contributed by atoms with Crippen molar-refractivity contribution < 1.29 is 14.5 Å². The number of para-hydroxylation sites is 2. The van der Waals surface area contributed by atoms with Gasteiger partial charge in [0.25, 0.3) is 11.6 Å². The molecule has 1 amide bonds. The van der Waals surface area contributed by atoms with Crippen LogP contribution in [-0.4, -0.2) is 36.9 Å². The lowest BCUT2D eigenvalue weighted by Crippen LogP contribution is -2.33. The van der Waals surface area contributed by atoms with Gasteiger partial charge in [-0.25, -0.2) is 4.99 Å². The summed E-state index contributed by atoms with van der Waals surface area (Å²) < 4.78 is 5.49. The van der Waals surface area contributed by atoms with Crippen molar-refractivity contribution in [2.75, 3.05) is 30.0 Å². The maximum absolute atomic E-state index is 13.9. The average Bonchev–Trinajstić information content (AvgIpc) is 3.29. The van der Waals surface area contributed by atoms with Crippen LogP contribution in [0.2, 0.25) is 5.02 Å². The molecule has 0 saturated carbocycles. The van der Waals surface area contributed by atoms with Gasteiger partial charge in [-0.3, -0.25) is 19.8 Å². The van der Waals surface area contributed by atoms with Crippen molar-refractivity contribution in [1.82, 2.24) is 0 Å². The Balaban J connectivity index is 1.81. The second kappa shape index (κ2) is 12.8. The first-order chi connectivity index (χ1) is 19.8. The van der Waals surface area contributed by atoms with E-state index in [9.17, 15) is 14.9 Å². The molecule has 0 radical (unpaired) electrons. The van der Waals surface area contributed by atoms with Gasteiger partial charge in [0, 0.05) is 36.5 Å². The lowest BCUT2D eigenvalue weighted by atomic mass is 10.1. The van der Waals surface area contributed by atoms with Gasteiger partial charge in [-0.15, -0.1) is 0 Å². The van der Waals surface area contributed by atoms with Gasteiger partial charge in [0.2, 0.25) is 0 Å². The van der Waals surface area contributed by atoms with Gasteiger partial charge in [0.1, 0.15) is 17.3 Å². The Kier molecular flexibility index (Phi) is 8.98. The van der Waals surface area contributed by atoms with Crippen LogP contribution in [0.1, 0.15) is 29.5 Å². The van der Waals surface area contributed by atoms with Gasteiger partial charge in [0.15, 0.2) is 0 Å². The molecule has 1 heterocycles. The maximum atomic E-state index is 13.9. The molecule has 0 unspecified atom stereocenters. The van der Waals surface area contributed by atoms with Crippen LogP contribution < -0.4 is 14.5 Å². The smallest absolute Gasteiger partial charge is 0.282 e. The van der Waals surface area contributed by atoms with Crippen LogP contribution in [0, 0.1) is 39.7 Å². The number of benzene rings is 3. The number of rotatable bonds is 10. The highest BCUT2D eigenvalue weighted by Gasteiger charge is 2.35. The zero-order valence-electron chi connectivity index (χ0n) is 22.4. The molecular formula is C30H25ClN6O4.